The van der Waals surface area contributed by atoms with E-state index < -0.39 is 0 Å². The van der Waals surface area contributed by atoms with Gasteiger partial charge in [-0.3, -0.25) is 0 Å². The molecule has 3 nitrogen and oxygen atoms in total. The van der Waals surface area contributed by atoms with Crippen molar-refractivity contribution in [3.63, 3.8) is 0 Å². The van der Waals surface area contributed by atoms with Crippen molar-refractivity contribution < 1.29 is 9.52 Å². The lowest BCUT2D eigenvalue weighted by molar-refractivity contribution is 0.190. The number of nitrogens with one attached hydrogen (secondary N) is 1. The summed E-state index contributed by atoms with van der Waals surface area (Å²) in [5.74, 6) is 0.904. The molecule has 0 radical (unpaired) electrons. The summed E-state index contributed by atoms with van der Waals surface area (Å²) in [7, 11) is 0. The zero-order valence-corrected chi connectivity index (χ0v) is 9.66. The van der Waals surface area contributed by atoms with Crippen molar-refractivity contribution in [2.24, 2.45) is 0 Å². The fraction of sp³-hybridized carbons (Fsp3) is 0.385. The average molecular weight is 219 g/mol. The number of furan rings is 1. The fourth-order valence-electron chi connectivity index (χ4n) is 1.71. The van der Waals surface area contributed by atoms with Crippen molar-refractivity contribution in [3.05, 3.63) is 35.6 Å². The highest BCUT2D eigenvalue weighted by atomic mass is 16.3. The number of aliphatic hydroxyl groups excluding tert-OH is 1. The van der Waals surface area contributed by atoms with E-state index in [2.05, 4.69) is 18.3 Å². The van der Waals surface area contributed by atoms with Gasteiger partial charge in [0.1, 0.15) is 11.3 Å². The Morgan fingerprint density at radius 3 is 2.94 bits per heavy atom. The Balaban J connectivity index is 2.08. The van der Waals surface area contributed by atoms with Crippen LogP contribution in [0.1, 0.15) is 18.2 Å². The Morgan fingerprint density at radius 1 is 1.38 bits per heavy atom. The van der Waals surface area contributed by atoms with E-state index in [1.165, 1.54) is 5.56 Å². The third kappa shape index (κ3) is 2.62. The quantitative estimate of drug-likeness (QED) is 0.828. The molecule has 1 atom stereocenters. The Labute approximate surface area is 95.1 Å². The van der Waals surface area contributed by atoms with Crippen LogP contribution in [0.25, 0.3) is 11.0 Å². The van der Waals surface area contributed by atoms with Crippen molar-refractivity contribution in [2.45, 2.75) is 26.5 Å². The smallest absolute Gasteiger partial charge is 0.134 e. The minimum Gasteiger partial charge on any atom is -0.460 e. The first kappa shape index (κ1) is 11.2. The van der Waals surface area contributed by atoms with Crippen LogP contribution in [-0.2, 0) is 6.54 Å². The second kappa shape index (κ2) is 4.68. The van der Waals surface area contributed by atoms with Crippen molar-refractivity contribution in [3.8, 4) is 0 Å². The maximum atomic E-state index is 9.11. The van der Waals surface area contributed by atoms with Crippen molar-refractivity contribution >= 4 is 11.0 Å². The van der Waals surface area contributed by atoms with Gasteiger partial charge in [0.05, 0.1) is 12.6 Å². The van der Waals surface area contributed by atoms with Gasteiger partial charge in [-0.15, -0.1) is 0 Å². The Hall–Kier alpha value is -1.32. The van der Waals surface area contributed by atoms with E-state index in [0.717, 1.165) is 16.7 Å². The second-order valence-corrected chi connectivity index (χ2v) is 4.23. The Bertz CT molecular complexity index is 474. The molecule has 2 rings (SSSR count). The molecule has 0 fully saturated rings. The van der Waals surface area contributed by atoms with Crippen molar-refractivity contribution in [1.29, 1.82) is 0 Å². The minimum atomic E-state index is -0.327. The zero-order valence-electron chi connectivity index (χ0n) is 9.66. The predicted molar refractivity (Wildman–Crippen MR) is 64.3 cm³/mol. The normalized spacial score (nSPS) is 13.2. The van der Waals surface area contributed by atoms with Crippen LogP contribution in [0.15, 0.2) is 28.7 Å². The monoisotopic (exact) mass is 219 g/mol. The molecule has 2 aromatic rings. The van der Waals surface area contributed by atoms with Gasteiger partial charge in [0, 0.05) is 11.9 Å². The van der Waals surface area contributed by atoms with Crippen LogP contribution in [0.3, 0.4) is 0 Å². The summed E-state index contributed by atoms with van der Waals surface area (Å²) >= 11 is 0. The van der Waals surface area contributed by atoms with E-state index in [-0.39, 0.29) is 6.10 Å². The van der Waals surface area contributed by atoms with Gasteiger partial charge in [0.2, 0.25) is 0 Å². The van der Waals surface area contributed by atoms with Crippen LogP contribution in [0.4, 0.5) is 0 Å². The number of rotatable bonds is 4. The zero-order chi connectivity index (χ0) is 11.5. The molecule has 0 saturated heterocycles. The topological polar surface area (TPSA) is 45.4 Å². The molecule has 1 aromatic carbocycles. The van der Waals surface area contributed by atoms with Gasteiger partial charge >= 0.3 is 0 Å². The van der Waals surface area contributed by atoms with E-state index in [1.54, 1.807) is 6.92 Å². The summed E-state index contributed by atoms with van der Waals surface area (Å²) in [6.45, 7) is 5.06. The number of hydrogen-bond acceptors (Lipinski definition) is 3. The van der Waals surface area contributed by atoms with Gasteiger partial charge in [0.15, 0.2) is 0 Å². The molecule has 0 unspecified atom stereocenters. The van der Waals surface area contributed by atoms with Crippen LogP contribution < -0.4 is 5.32 Å². The highest BCUT2D eigenvalue weighted by Gasteiger charge is 2.03. The second-order valence-electron chi connectivity index (χ2n) is 4.23. The number of aliphatic hydroxyl groups is 1. The van der Waals surface area contributed by atoms with Gasteiger partial charge in [-0.1, -0.05) is 11.6 Å². The lowest BCUT2D eigenvalue weighted by Gasteiger charge is -2.03. The highest BCUT2D eigenvalue weighted by Crippen LogP contribution is 2.20. The molecule has 0 saturated carbocycles. The first-order chi connectivity index (χ1) is 7.65. The van der Waals surface area contributed by atoms with Crippen molar-refractivity contribution in [2.75, 3.05) is 6.54 Å². The predicted octanol–water partition coefficient (Wildman–Crippen LogP) is 2.21. The fourth-order valence-corrected chi connectivity index (χ4v) is 1.71. The lowest BCUT2D eigenvalue weighted by atomic mass is 10.2. The molecule has 0 spiro atoms. The van der Waals surface area contributed by atoms with Crippen molar-refractivity contribution in [1.82, 2.24) is 5.32 Å². The molecule has 86 valence electrons. The summed E-state index contributed by atoms with van der Waals surface area (Å²) in [6.07, 6.45) is -0.327. The molecule has 0 bridgehead atoms. The Morgan fingerprint density at radius 2 is 2.19 bits per heavy atom. The van der Waals surface area contributed by atoms with E-state index in [1.807, 2.05) is 18.2 Å². The molecule has 1 heterocycles. The number of fused-ring (bicyclic) bond motifs is 1. The van der Waals surface area contributed by atoms with E-state index >= 15 is 0 Å². The number of aryl methyl sites for hydroxylation is 1. The average Bonchev–Trinajstić information content (AvgIpc) is 2.58. The lowest BCUT2D eigenvalue weighted by Crippen LogP contribution is -2.23. The number of benzene rings is 1. The maximum Gasteiger partial charge on any atom is 0.134 e. The molecule has 2 N–H and O–H groups in total. The first-order valence-corrected chi connectivity index (χ1v) is 5.53. The standard InChI is InChI=1S/C13H17NO2/c1-9-3-4-13-11(5-9)6-12(16-13)8-14-7-10(2)15/h3-6,10,14-15H,7-8H2,1-2H3/t10-/m0/s1. The molecular formula is C13H17NO2. The summed E-state index contributed by atoms with van der Waals surface area (Å²) in [4.78, 5) is 0. The van der Waals surface area contributed by atoms with E-state index in [4.69, 9.17) is 9.52 Å². The third-order valence-electron chi connectivity index (χ3n) is 2.46. The van der Waals surface area contributed by atoms with Gasteiger partial charge in [-0.05, 0) is 32.0 Å². The van der Waals surface area contributed by atoms with Gasteiger partial charge in [-0.2, -0.15) is 0 Å². The molecule has 3 heteroatoms. The molecule has 0 aliphatic carbocycles. The summed E-state index contributed by atoms with van der Waals surface area (Å²) < 4.78 is 5.66. The van der Waals surface area contributed by atoms with Gasteiger partial charge in [-0.25, -0.2) is 0 Å². The first-order valence-electron chi connectivity index (χ1n) is 5.53. The summed E-state index contributed by atoms with van der Waals surface area (Å²) in [6, 6.07) is 8.18. The van der Waals surface area contributed by atoms with Crippen LogP contribution >= 0.6 is 0 Å². The molecule has 16 heavy (non-hydrogen) atoms. The van der Waals surface area contributed by atoms with Crippen LogP contribution in [0, 0.1) is 6.92 Å². The SMILES string of the molecule is Cc1ccc2oc(CNC[C@H](C)O)cc2c1. The van der Waals surface area contributed by atoms with Gasteiger partial charge in [0.25, 0.3) is 0 Å². The number of hydrogen-bond donors (Lipinski definition) is 2. The van der Waals surface area contributed by atoms with Crippen LogP contribution in [-0.4, -0.2) is 17.8 Å². The molecule has 0 amide bonds. The van der Waals surface area contributed by atoms with E-state index in [9.17, 15) is 0 Å². The molecule has 1 aromatic heterocycles. The molecular weight excluding hydrogens is 202 g/mol. The molecule has 0 aliphatic heterocycles. The minimum absolute atomic E-state index is 0.327. The van der Waals surface area contributed by atoms with Crippen LogP contribution in [0.2, 0.25) is 0 Å². The van der Waals surface area contributed by atoms with Crippen LogP contribution in [0.5, 0.6) is 0 Å². The third-order valence-corrected chi connectivity index (χ3v) is 2.46. The largest absolute Gasteiger partial charge is 0.460 e. The summed E-state index contributed by atoms with van der Waals surface area (Å²) in [5, 5.41) is 13.4. The Kier molecular flexibility index (Phi) is 3.27. The maximum absolute atomic E-state index is 9.11. The summed E-state index contributed by atoms with van der Waals surface area (Å²) in [5.41, 5.74) is 2.15. The highest BCUT2D eigenvalue weighted by molar-refractivity contribution is 5.78. The van der Waals surface area contributed by atoms with Gasteiger partial charge < -0.3 is 14.8 Å². The van der Waals surface area contributed by atoms with E-state index in [0.29, 0.717) is 13.1 Å². The molecule has 0 aliphatic rings.